The molecule has 2 rings (SSSR count). The molecule has 0 aliphatic carbocycles. The van der Waals surface area contributed by atoms with Crippen molar-refractivity contribution in [2.24, 2.45) is 0 Å². The topological polar surface area (TPSA) is 16.1 Å². The van der Waals surface area contributed by atoms with E-state index < -0.39 is 0 Å². The molecule has 102 valence electrons. The maximum absolute atomic E-state index is 5.81. The Morgan fingerprint density at radius 2 is 2.05 bits per heavy atom. The van der Waals surface area contributed by atoms with E-state index >= 15 is 0 Å². The summed E-state index contributed by atoms with van der Waals surface area (Å²) in [5.41, 5.74) is 2.24. The molecular formula is C15H19ClN2S. The molecule has 1 heterocycles. The largest absolute Gasteiger partial charge is 0.365 e. The Balaban J connectivity index is 2.09. The number of benzene rings is 1. The van der Waals surface area contributed by atoms with E-state index in [0.29, 0.717) is 5.88 Å². The number of hydrogen-bond acceptors (Lipinski definition) is 3. The number of rotatable bonds is 7. The van der Waals surface area contributed by atoms with Crippen LogP contribution >= 0.6 is 22.9 Å². The third-order valence-electron chi connectivity index (χ3n) is 2.97. The number of hydrogen-bond donors (Lipinski definition) is 0. The summed E-state index contributed by atoms with van der Waals surface area (Å²) < 4.78 is 0. The fourth-order valence-corrected chi connectivity index (χ4v) is 2.97. The van der Waals surface area contributed by atoms with Crippen molar-refractivity contribution in [1.82, 2.24) is 4.98 Å². The number of aromatic nitrogens is 1. The van der Waals surface area contributed by atoms with Gasteiger partial charge in [-0.2, -0.15) is 0 Å². The van der Waals surface area contributed by atoms with Crippen LogP contribution in [0.3, 0.4) is 0 Å². The summed E-state index contributed by atoms with van der Waals surface area (Å²) in [7, 11) is 0. The molecule has 0 spiro atoms. The quantitative estimate of drug-likeness (QED) is 0.689. The molecule has 0 bridgehead atoms. The van der Waals surface area contributed by atoms with Crippen molar-refractivity contribution < 1.29 is 0 Å². The van der Waals surface area contributed by atoms with Gasteiger partial charge in [0.05, 0.1) is 18.1 Å². The van der Waals surface area contributed by atoms with Gasteiger partial charge in [0.1, 0.15) is 5.01 Å². The molecule has 0 fully saturated rings. The van der Waals surface area contributed by atoms with Crippen LogP contribution in [0.5, 0.6) is 0 Å². The van der Waals surface area contributed by atoms with Gasteiger partial charge in [-0.15, -0.1) is 22.9 Å². The predicted molar refractivity (Wildman–Crippen MR) is 84.1 cm³/mol. The molecule has 4 heteroatoms. The molecule has 0 aliphatic rings. The van der Waals surface area contributed by atoms with E-state index in [4.69, 9.17) is 11.6 Å². The number of halogens is 1. The van der Waals surface area contributed by atoms with Crippen LogP contribution in [0, 0.1) is 0 Å². The molecule has 2 aromatic rings. The number of anilines is 1. The van der Waals surface area contributed by atoms with Gasteiger partial charge in [0, 0.05) is 17.6 Å². The van der Waals surface area contributed by atoms with E-state index in [-0.39, 0.29) is 0 Å². The first kappa shape index (κ1) is 14.4. The Bertz CT molecular complexity index is 484. The highest BCUT2D eigenvalue weighted by molar-refractivity contribution is 7.09. The molecule has 19 heavy (non-hydrogen) atoms. The van der Waals surface area contributed by atoms with Crippen LogP contribution < -0.4 is 4.90 Å². The van der Waals surface area contributed by atoms with Crippen LogP contribution in [0.2, 0.25) is 0 Å². The Morgan fingerprint density at radius 1 is 1.26 bits per heavy atom. The van der Waals surface area contributed by atoms with Gasteiger partial charge in [-0.25, -0.2) is 4.98 Å². The van der Waals surface area contributed by atoms with Crippen molar-refractivity contribution in [3.8, 4) is 0 Å². The van der Waals surface area contributed by atoms with Crippen LogP contribution in [-0.4, -0.2) is 11.5 Å². The second-order valence-electron chi connectivity index (χ2n) is 4.48. The first-order valence-electron chi connectivity index (χ1n) is 6.62. The second-order valence-corrected chi connectivity index (χ2v) is 5.69. The highest BCUT2D eigenvalue weighted by atomic mass is 35.5. The maximum atomic E-state index is 5.81. The molecule has 0 radical (unpaired) electrons. The number of alkyl halides is 1. The molecule has 0 saturated carbocycles. The summed E-state index contributed by atoms with van der Waals surface area (Å²) in [6, 6.07) is 10.5. The van der Waals surface area contributed by atoms with Crippen molar-refractivity contribution in [3.05, 3.63) is 46.4 Å². The molecular weight excluding hydrogens is 276 g/mol. The van der Waals surface area contributed by atoms with Crippen molar-refractivity contribution in [1.29, 1.82) is 0 Å². The number of para-hydroxylation sites is 1. The fraction of sp³-hybridized carbons (Fsp3) is 0.400. The number of thiazole rings is 1. The summed E-state index contributed by atoms with van der Waals surface area (Å²) in [5, 5.41) is 3.18. The van der Waals surface area contributed by atoms with Gasteiger partial charge in [0.15, 0.2) is 0 Å². The Morgan fingerprint density at radius 3 is 2.68 bits per heavy atom. The van der Waals surface area contributed by atoms with Gasteiger partial charge in [0.25, 0.3) is 0 Å². The van der Waals surface area contributed by atoms with Gasteiger partial charge in [-0.3, -0.25) is 0 Å². The first-order chi connectivity index (χ1) is 9.33. The van der Waals surface area contributed by atoms with E-state index in [9.17, 15) is 0 Å². The predicted octanol–water partition coefficient (Wildman–Crippen LogP) is 4.69. The molecule has 0 aliphatic heterocycles. The first-order valence-corrected chi connectivity index (χ1v) is 8.04. The van der Waals surface area contributed by atoms with Crippen molar-refractivity contribution in [3.63, 3.8) is 0 Å². The standard InChI is InChI=1S/C15H19ClN2S/c1-2-3-9-18(14-7-5-4-6-8-14)11-15-17-13(10-16)12-19-15/h4-8,12H,2-3,9-11H2,1H3. The lowest BCUT2D eigenvalue weighted by Gasteiger charge is -2.23. The van der Waals surface area contributed by atoms with Crippen LogP contribution in [0.15, 0.2) is 35.7 Å². The van der Waals surface area contributed by atoms with E-state index in [2.05, 4.69) is 47.1 Å². The zero-order chi connectivity index (χ0) is 13.5. The lowest BCUT2D eigenvalue weighted by atomic mass is 10.2. The van der Waals surface area contributed by atoms with Crippen LogP contribution in [0.25, 0.3) is 0 Å². The monoisotopic (exact) mass is 294 g/mol. The van der Waals surface area contributed by atoms with E-state index in [1.54, 1.807) is 11.3 Å². The SMILES string of the molecule is CCCCN(Cc1nc(CCl)cs1)c1ccccc1. The van der Waals surface area contributed by atoms with Crippen molar-refractivity contribution in [2.75, 3.05) is 11.4 Å². The van der Waals surface area contributed by atoms with Gasteiger partial charge in [0.2, 0.25) is 0 Å². The lowest BCUT2D eigenvalue weighted by molar-refractivity contribution is 0.713. The summed E-state index contributed by atoms with van der Waals surface area (Å²) in [6.45, 7) is 4.15. The van der Waals surface area contributed by atoms with Crippen LogP contribution in [0.1, 0.15) is 30.5 Å². The summed E-state index contributed by atoms with van der Waals surface area (Å²) >= 11 is 7.50. The van der Waals surface area contributed by atoms with E-state index in [0.717, 1.165) is 23.8 Å². The summed E-state index contributed by atoms with van der Waals surface area (Å²) in [5.74, 6) is 0.497. The van der Waals surface area contributed by atoms with Gasteiger partial charge in [-0.05, 0) is 18.6 Å². The zero-order valence-corrected chi connectivity index (χ0v) is 12.8. The summed E-state index contributed by atoms with van der Waals surface area (Å²) in [6.07, 6.45) is 2.40. The number of nitrogens with zero attached hydrogens (tertiary/aromatic N) is 2. The van der Waals surface area contributed by atoms with E-state index in [1.807, 2.05) is 5.38 Å². The normalized spacial score (nSPS) is 10.6. The maximum Gasteiger partial charge on any atom is 0.112 e. The fourth-order valence-electron chi connectivity index (χ4n) is 1.93. The molecule has 1 aromatic carbocycles. The molecule has 0 atom stereocenters. The Kier molecular flexibility index (Phi) is 5.67. The molecule has 1 aromatic heterocycles. The van der Waals surface area contributed by atoms with E-state index in [1.165, 1.54) is 18.5 Å². The number of unbranched alkanes of at least 4 members (excludes halogenated alkanes) is 1. The van der Waals surface area contributed by atoms with Crippen molar-refractivity contribution >= 4 is 28.6 Å². The smallest absolute Gasteiger partial charge is 0.112 e. The Hall–Kier alpha value is -1.06. The van der Waals surface area contributed by atoms with Crippen LogP contribution in [-0.2, 0) is 12.4 Å². The minimum absolute atomic E-state index is 0.497. The minimum atomic E-state index is 0.497. The highest BCUT2D eigenvalue weighted by Crippen LogP contribution is 2.20. The lowest BCUT2D eigenvalue weighted by Crippen LogP contribution is -2.23. The second kappa shape index (κ2) is 7.51. The van der Waals surface area contributed by atoms with Crippen LogP contribution in [0.4, 0.5) is 5.69 Å². The van der Waals surface area contributed by atoms with Gasteiger partial charge >= 0.3 is 0 Å². The van der Waals surface area contributed by atoms with Gasteiger partial charge < -0.3 is 4.90 Å². The third-order valence-corrected chi connectivity index (χ3v) is 4.12. The molecule has 2 nitrogen and oxygen atoms in total. The molecule has 0 unspecified atom stereocenters. The molecule has 0 amide bonds. The van der Waals surface area contributed by atoms with Crippen molar-refractivity contribution in [2.45, 2.75) is 32.2 Å². The average Bonchev–Trinajstić information content (AvgIpc) is 2.92. The van der Waals surface area contributed by atoms with Gasteiger partial charge in [-0.1, -0.05) is 31.5 Å². The zero-order valence-electron chi connectivity index (χ0n) is 11.2. The minimum Gasteiger partial charge on any atom is -0.365 e. The summed E-state index contributed by atoms with van der Waals surface area (Å²) in [4.78, 5) is 6.94. The average molecular weight is 295 g/mol. The molecule has 0 saturated heterocycles. The highest BCUT2D eigenvalue weighted by Gasteiger charge is 2.09. The Labute approximate surface area is 124 Å². The molecule has 0 N–H and O–H groups in total. The third kappa shape index (κ3) is 4.22.